The normalized spacial score (nSPS) is 13.1. The summed E-state index contributed by atoms with van der Waals surface area (Å²) in [6.07, 6.45) is 0. The summed E-state index contributed by atoms with van der Waals surface area (Å²) in [7, 11) is 0. The third-order valence-electron chi connectivity index (χ3n) is 10.7. The zero-order valence-corrected chi connectivity index (χ0v) is 31.4. The molecule has 0 aliphatic heterocycles. The van der Waals surface area contributed by atoms with Crippen LogP contribution in [0.15, 0.2) is 217 Å². The second-order valence-electron chi connectivity index (χ2n) is 14.3. The third-order valence-corrected chi connectivity index (χ3v) is 10.7. The average Bonchev–Trinajstić information content (AvgIpc) is 3.78. The maximum atomic E-state index is 9.00. The third kappa shape index (κ3) is 6.43. The molecule has 0 saturated carbocycles. The number of hydrogen-bond donors (Lipinski definition) is 0. The van der Waals surface area contributed by atoms with Crippen LogP contribution in [0.1, 0.15) is 9.60 Å². The van der Waals surface area contributed by atoms with Crippen LogP contribution in [-0.4, -0.2) is 15.0 Å². The molecule has 0 N–H and O–H groups in total. The molecule has 0 aliphatic rings. The smallest absolute Gasteiger partial charge is 0.164 e. The topological polar surface area (TPSA) is 51.8 Å². The van der Waals surface area contributed by atoms with Crippen molar-refractivity contribution < 1.29 is 14.0 Å². The van der Waals surface area contributed by atoms with Crippen LogP contribution < -0.4 is 0 Å². The van der Waals surface area contributed by atoms with E-state index in [1.807, 2.05) is 115 Å². The van der Waals surface area contributed by atoms with Gasteiger partial charge in [0.05, 0.1) is 9.60 Å². The maximum absolute atomic E-state index is 9.00. The Hall–Kier alpha value is -7.95. The first-order valence-electron chi connectivity index (χ1n) is 22.8. The highest BCUT2D eigenvalue weighted by atomic mass is 16.3. The molecule has 0 bridgehead atoms. The first-order chi connectivity index (χ1) is 32.1. The van der Waals surface area contributed by atoms with Crippen molar-refractivity contribution in [2.24, 2.45) is 0 Å². The second kappa shape index (κ2) is 14.5. The fourth-order valence-electron chi connectivity index (χ4n) is 7.74. The van der Waals surface area contributed by atoms with E-state index in [1.165, 1.54) is 0 Å². The van der Waals surface area contributed by atoms with Gasteiger partial charge in [-0.2, -0.15) is 0 Å². The number of benzene rings is 9. The number of para-hydroxylation sites is 1. The van der Waals surface area contributed by atoms with Crippen molar-refractivity contribution in [3.05, 3.63) is 212 Å². The van der Waals surface area contributed by atoms with Gasteiger partial charge in [0.25, 0.3) is 0 Å². The lowest BCUT2D eigenvalue weighted by Crippen LogP contribution is -2.01. The van der Waals surface area contributed by atoms with Crippen molar-refractivity contribution >= 4 is 32.7 Å². The summed E-state index contributed by atoms with van der Waals surface area (Å²) >= 11 is 0. The summed E-state index contributed by atoms with van der Waals surface area (Å²) in [4.78, 5) is 15.3. The zero-order valence-electron chi connectivity index (χ0n) is 38.4. The minimum absolute atomic E-state index is 0.0536. The van der Waals surface area contributed by atoms with Crippen LogP contribution in [0, 0.1) is 0 Å². The highest BCUT2D eigenvalue weighted by Gasteiger charge is 2.17. The standard InChI is InChI=1S/C55H35N3O/c1-3-13-36(14-4-1)37-25-27-39(28-26-37)53-56-54(58-55(57-53)48-20-8-7-19-46(48)38-15-5-2-6-16-38)45-18-11-17-40(35-45)41-29-30-43-34-44(32-31-42(43)33-41)47-22-12-24-51-52(47)49-21-9-10-23-50(49)59-51/h1-35H/i9D,10D,12D,21D,22D,23D,24D. The van der Waals surface area contributed by atoms with E-state index in [2.05, 4.69) is 54.6 Å². The van der Waals surface area contributed by atoms with E-state index in [-0.39, 0.29) is 57.7 Å². The molecule has 4 nitrogen and oxygen atoms in total. The van der Waals surface area contributed by atoms with Gasteiger partial charge in [0.1, 0.15) is 11.2 Å². The minimum atomic E-state index is -0.457. The molecule has 0 aliphatic carbocycles. The van der Waals surface area contributed by atoms with Gasteiger partial charge in [-0.1, -0.05) is 182 Å². The van der Waals surface area contributed by atoms with Crippen LogP contribution in [0.3, 0.4) is 0 Å². The molecule has 11 rings (SSSR count). The molecule has 0 fully saturated rings. The zero-order chi connectivity index (χ0) is 45.2. The second-order valence-corrected chi connectivity index (χ2v) is 14.3. The number of nitrogens with zero attached hydrogens (tertiary/aromatic N) is 3. The maximum Gasteiger partial charge on any atom is 0.164 e. The van der Waals surface area contributed by atoms with E-state index in [0.29, 0.717) is 23.0 Å². The molecule has 276 valence electrons. The Bertz CT molecular complexity index is 3730. The van der Waals surface area contributed by atoms with Gasteiger partial charge < -0.3 is 4.42 Å². The Morgan fingerprint density at radius 3 is 1.68 bits per heavy atom. The largest absolute Gasteiger partial charge is 0.456 e. The van der Waals surface area contributed by atoms with Crippen LogP contribution >= 0.6 is 0 Å². The van der Waals surface area contributed by atoms with Crippen LogP contribution in [0.25, 0.3) is 111 Å². The van der Waals surface area contributed by atoms with Crippen LogP contribution in [0.5, 0.6) is 0 Å². The van der Waals surface area contributed by atoms with E-state index in [1.54, 1.807) is 0 Å². The van der Waals surface area contributed by atoms with Crippen LogP contribution in [0.4, 0.5) is 0 Å². The average molecular weight is 761 g/mol. The molecule has 2 heterocycles. The molecule has 0 unspecified atom stereocenters. The fourth-order valence-corrected chi connectivity index (χ4v) is 7.74. The van der Waals surface area contributed by atoms with Gasteiger partial charge in [0, 0.05) is 27.5 Å². The lowest BCUT2D eigenvalue weighted by atomic mass is 9.95. The summed E-state index contributed by atoms with van der Waals surface area (Å²) in [6.45, 7) is 0. The summed E-state index contributed by atoms with van der Waals surface area (Å²) in [5, 5.41) is 2.06. The van der Waals surface area contributed by atoms with Gasteiger partial charge in [0.15, 0.2) is 17.5 Å². The monoisotopic (exact) mass is 760 g/mol. The molecule has 0 atom stereocenters. The Balaban J connectivity index is 1.00. The highest BCUT2D eigenvalue weighted by molar-refractivity contribution is 6.13. The number of aromatic nitrogens is 3. The molecule has 59 heavy (non-hydrogen) atoms. The van der Waals surface area contributed by atoms with Crippen molar-refractivity contribution in [2.45, 2.75) is 0 Å². The van der Waals surface area contributed by atoms with Crippen LogP contribution in [-0.2, 0) is 0 Å². The van der Waals surface area contributed by atoms with E-state index < -0.39 is 12.1 Å². The first-order valence-corrected chi connectivity index (χ1v) is 19.3. The summed E-state index contributed by atoms with van der Waals surface area (Å²) < 4.78 is 65.9. The Morgan fingerprint density at radius 2 is 0.881 bits per heavy atom. The van der Waals surface area contributed by atoms with Gasteiger partial charge in [-0.15, -0.1) is 0 Å². The molecular formula is C55H35N3O. The molecule has 0 spiro atoms. The Kier molecular flexibility index (Phi) is 6.80. The quantitative estimate of drug-likeness (QED) is 0.162. The van der Waals surface area contributed by atoms with Gasteiger partial charge in [0.2, 0.25) is 0 Å². The van der Waals surface area contributed by atoms with Gasteiger partial charge in [-0.3, -0.25) is 0 Å². The Labute approximate surface area is 351 Å². The number of furan rings is 1. The van der Waals surface area contributed by atoms with Gasteiger partial charge in [-0.05, 0) is 85.6 Å². The molecule has 4 heteroatoms. The first kappa shape index (κ1) is 27.6. The molecule has 0 radical (unpaired) electrons. The van der Waals surface area contributed by atoms with Gasteiger partial charge >= 0.3 is 0 Å². The van der Waals surface area contributed by atoms with Crippen LogP contribution in [0.2, 0.25) is 0 Å². The van der Waals surface area contributed by atoms with Gasteiger partial charge in [-0.25, -0.2) is 15.0 Å². The van der Waals surface area contributed by atoms with Crippen molar-refractivity contribution in [2.75, 3.05) is 0 Å². The summed E-state index contributed by atoms with van der Waals surface area (Å²) in [5.41, 5.74) is 9.40. The molecule has 2 aromatic heterocycles. The summed E-state index contributed by atoms with van der Waals surface area (Å²) in [5.74, 6) is 1.63. The predicted molar refractivity (Wildman–Crippen MR) is 243 cm³/mol. The van der Waals surface area contributed by atoms with Crippen molar-refractivity contribution in [3.63, 3.8) is 0 Å². The minimum Gasteiger partial charge on any atom is -0.456 e. The van der Waals surface area contributed by atoms with E-state index in [9.17, 15) is 0 Å². The van der Waals surface area contributed by atoms with Crippen molar-refractivity contribution in [3.8, 4) is 78.7 Å². The molecule has 11 aromatic rings. The van der Waals surface area contributed by atoms with E-state index in [0.717, 1.165) is 60.8 Å². The Morgan fingerprint density at radius 1 is 0.339 bits per heavy atom. The number of rotatable bonds is 7. The fraction of sp³-hybridized carbons (Fsp3) is 0. The highest BCUT2D eigenvalue weighted by Crippen LogP contribution is 2.39. The predicted octanol–water partition coefficient (Wildman–Crippen LogP) is 14.6. The molecular weight excluding hydrogens is 719 g/mol. The van der Waals surface area contributed by atoms with Crippen molar-refractivity contribution in [1.82, 2.24) is 15.0 Å². The molecule has 9 aromatic carbocycles. The molecule has 0 saturated heterocycles. The van der Waals surface area contributed by atoms with E-state index >= 15 is 0 Å². The molecule has 0 amide bonds. The lowest BCUT2D eigenvalue weighted by Gasteiger charge is -2.13. The van der Waals surface area contributed by atoms with E-state index in [4.69, 9.17) is 29.0 Å². The van der Waals surface area contributed by atoms with Crippen molar-refractivity contribution in [1.29, 1.82) is 0 Å². The lowest BCUT2D eigenvalue weighted by molar-refractivity contribution is 0.669. The number of fused-ring (bicyclic) bond motifs is 4. The SMILES string of the molecule is [2H]c1c([2H])c([2H])c2c(oc3c([2H])c([2H])c([2H])c(-c4ccc5cc(-c6cccc(-c7nc(-c8ccc(-c9ccccc9)cc8)nc(-c8ccccc8-c8ccccc8)n7)c6)ccc5c4)c32)c1[2H]. The summed E-state index contributed by atoms with van der Waals surface area (Å²) in [6, 6.07) is 54.2. The number of hydrogen-bond acceptors (Lipinski definition) is 4.